The van der Waals surface area contributed by atoms with Gasteiger partial charge in [0.15, 0.2) is 0 Å². The molecular formula is C23H21ClN4O3. The smallest absolute Gasteiger partial charge is 0.253 e. The number of nitrogens with one attached hydrogen (secondary N) is 2. The predicted molar refractivity (Wildman–Crippen MR) is 118 cm³/mol. The van der Waals surface area contributed by atoms with E-state index in [4.69, 9.17) is 11.6 Å². The van der Waals surface area contributed by atoms with Crippen LogP contribution >= 0.6 is 11.6 Å². The second-order valence-electron chi connectivity index (χ2n) is 7.91. The molecule has 1 aromatic heterocycles. The maximum Gasteiger partial charge on any atom is 0.253 e. The zero-order valence-corrected chi connectivity index (χ0v) is 17.8. The standard InChI is InChI=1S/C23H21ClN4O3/c1-13(29)27-6-8-28(9-7-27)23(31)14-2-5-19-15(10-14)11-20(26-19)16-3-4-18(24)17-12-25-22(30)21(16)17/h2-5,10-11,26H,6-9,12H2,1H3,(H,25,30). The highest BCUT2D eigenvalue weighted by Gasteiger charge is 2.27. The average molecular weight is 437 g/mol. The summed E-state index contributed by atoms with van der Waals surface area (Å²) in [4.78, 5) is 43.7. The van der Waals surface area contributed by atoms with E-state index in [9.17, 15) is 14.4 Å². The number of halogens is 1. The second kappa shape index (κ2) is 7.42. The number of aromatic nitrogens is 1. The Hall–Kier alpha value is -3.32. The van der Waals surface area contributed by atoms with Gasteiger partial charge >= 0.3 is 0 Å². The molecule has 2 aliphatic heterocycles. The molecule has 0 aliphatic carbocycles. The van der Waals surface area contributed by atoms with E-state index in [1.807, 2.05) is 24.3 Å². The number of hydrogen-bond donors (Lipinski definition) is 2. The van der Waals surface area contributed by atoms with E-state index in [1.54, 1.807) is 28.9 Å². The molecule has 3 heterocycles. The van der Waals surface area contributed by atoms with E-state index in [1.165, 1.54) is 0 Å². The van der Waals surface area contributed by atoms with Crippen molar-refractivity contribution in [3.8, 4) is 11.3 Å². The summed E-state index contributed by atoms with van der Waals surface area (Å²) in [6.07, 6.45) is 0. The van der Waals surface area contributed by atoms with Crippen LogP contribution in [0.15, 0.2) is 36.4 Å². The molecule has 2 aromatic carbocycles. The molecule has 1 fully saturated rings. The van der Waals surface area contributed by atoms with Crippen molar-refractivity contribution in [3.05, 3.63) is 58.1 Å². The first-order valence-corrected chi connectivity index (χ1v) is 10.6. The molecule has 1 saturated heterocycles. The van der Waals surface area contributed by atoms with Gasteiger partial charge in [0.05, 0.1) is 5.56 Å². The minimum absolute atomic E-state index is 0.0377. The number of aromatic amines is 1. The fourth-order valence-corrected chi connectivity index (χ4v) is 4.58. The lowest BCUT2D eigenvalue weighted by molar-refractivity contribution is -0.130. The molecule has 0 atom stereocenters. The third-order valence-corrected chi connectivity index (χ3v) is 6.43. The van der Waals surface area contributed by atoms with E-state index < -0.39 is 0 Å². The van der Waals surface area contributed by atoms with Gasteiger partial charge in [-0.05, 0) is 30.3 Å². The highest BCUT2D eigenvalue weighted by Crippen LogP contribution is 2.34. The first-order valence-electron chi connectivity index (χ1n) is 10.2. The quantitative estimate of drug-likeness (QED) is 0.647. The van der Waals surface area contributed by atoms with Gasteiger partial charge in [0.1, 0.15) is 0 Å². The van der Waals surface area contributed by atoms with Crippen LogP contribution in [-0.2, 0) is 11.3 Å². The number of nitrogens with zero attached hydrogens (tertiary/aromatic N) is 2. The van der Waals surface area contributed by atoms with Crippen LogP contribution in [0.4, 0.5) is 0 Å². The average Bonchev–Trinajstić information content (AvgIpc) is 3.37. The van der Waals surface area contributed by atoms with Gasteiger partial charge in [-0.3, -0.25) is 14.4 Å². The SMILES string of the molecule is CC(=O)N1CCN(C(=O)c2ccc3[nH]c(-c4ccc(Cl)c5c4C(=O)NC5)cc3c2)CC1. The van der Waals surface area contributed by atoms with Crippen LogP contribution in [0, 0.1) is 0 Å². The first kappa shape index (κ1) is 19.6. The van der Waals surface area contributed by atoms with Crippen LogP contribution in [0.25, 0.3) is 22.2 Å². The minimum Gasteiger partial charge on any atom is -0.355 e. The first-order chi connectivity index (χ1) is 14.9. The molecule has 0 spiro atoms. The number of benzene rings is 2. The number of hydrogen-bond acceptors (Lipinski definition) is 3. The monoisotopic (exact) mass is 436 g/mol. The lowest BCUT2D eigenvalue weighted by Crippen LogP contribution is -2.50. The Balaban J connectivity index is 1.44. The molecule has 158 valence electrons. The summed E-state index contributed by atoms with van der Waals surface area (Å²) < 4.78 is 0. The Morgan fingerprint density at radius 1 is 1.00 bits per heavy atom. The van der Waals surface area contributed by atoms with Crippen LogP contribution in [0.3, 0.4) is 0 Å². The van der Waals surface area contributed by atoms with Gasteiger partial charge in [0, 0.05) is 78.0 Å². The topological polar surface area (TPSA) is 85.5 Å². The van der Waals surface area contributed by atoms with E-state index in [-0.39, 0.29) is 17.7 Å². The van der Waals surface area contributed by atoms with Gasteiger partial charge in [-0.1, -0.05) is 17.7 Å². The maximum atomic E-state index is 13.0. The van der Waals surface area contributed by atoms with Crippen molar-refractivity contribution >= 4 is 40.2 Å². The van der Waals surface area contributed by atoms with Crippen molar-refractivity contribution < 1.29 is 14.4 Å². The van der Waals surface area contributed by atoms with Crippen molar-refractivity contribution in [2.75, 3.05) is 26.2 Å². The van der Waals surface area contributed by atoms with Crippen LogP contribution in [-0.4, -0.2) is 58.7 Å². The second-order valence-corrected chi connectivity index (χ2v) is 8.32. The third kappa shape index (κ3) is 3.35. The molecule has 2 N–H and O–H groups in total. The molecule has 0 bridgehead atoms. The fraction of sp³-hybridized carbons (Fsp3) is 0.261. The normalized spacial score (nSPS) is 15.9. The van der Waals surface area contributed by atoms with E-state index in [2.05, 4.69) is 10.3 Å². The van der Waals surface area contributed by atoms with Gasteiger partial charge in [0.2, 0.25) is 5.91 Å². The van der Waals surface area contributed by atoms with E-state index in [0.29, 0.717) is 48.9 Å². The number of H-pyrrole nitrogens is 1. The highest BCUT2D eigenvalue weighted by molar-refractivity contribution is 6.32. The molecular weight excluding hydrogens is 416 g/mol. The molecule has 8 heteroatoms. The molecule has 31 heavy (non-hydrogen) atoms. The molecule has 0 saturated carbocycles. The molecule has 7 nitrogen and oxygen atoms in total. The molecule has 3 aromatic rings. The van der Waals surface area contributed by atoms with Gasteiger partial charge in [-0.15, -0.1) is 0 Å². The lowest BCUT2D eigenvalue weighted by Gasteiger charge is -2.34. The Bertz CT molecular complexity index is 1240. The predicted octanol–water partition coefficient (Wildman–Crippen LogP) is 3.04. The number of fused-ring (bicyclic) bond motifs is 2. The number of piperazine rings is 1. The fourth-order valence-electron chi connectivity index (χ4n) is 4.35. The Morgan fingerprint density at radius 3 is 2.48 bits per heavy atom. The highest BCUT2D eigenvalue weighted by atomic mass is 35.5. The van der Waals surface area contributed by atoms with Gasteiger partial charge < -0.3 is 20.1 Å². The van der Waals surface area contributed by atoms with Crippen molar-refractivity contribution in [2.24, 2.45) is 0 Å². The molecule has 2 aliphatic rings. The van der Waals surface area contributed by atoms with Crippen LogP contribution in [0.5, 0.6) is 0 Å². The molecule has 5 rings (SSSR count). The summed E-state index contributed by atoms with van der Waals surface area (Å²) in [5.74, 6) is -0.137. The van der Waals surface area contributed by atoms with E-state index in [0.717, 1.165) is 27.7 Å². The van der Waals surface area contributed by atoms with E-state index >= 15 is 0 Å². The number of carbonyl (C=O) groups is 3. The van der Waals surface area contributed by atoms with Crippen molar-refractivity contribution in [3.63, 3.8) is 0 Å². The van der Waals surface area contributed by atoms with Crippen molar-refractivity contribution in [1.82, 2.24) is 20.1 Å². The molecule has 0 radical (unpaired) electrons. The minimum atomic E-state index is -0.133. The summed E-state index contributed by atoms with van der Waals surface area (Å²) in [6, 6.07) is 11.2. The number of rotatable bonds is 2. The third-order valence-electron chi connectivity index (χ3n) is 6.08. The largest absolute Gasteiger partial charge is 0.355 e. The lowest BCUT2D eigenvalue weighted by atomic mass is 10.0. The zero-order chi connectivity index (χ0) is 21.7. The Labute approximate surface area is 184 Å². The molecule has 0 unspecified atom stereocenters. The van der Waals surface area contributed by atoms with Crippen LogP contribution in [0.1, 0.15) is 33.2 Å². The summed E-state index contributed by atoms with van der Waals surface area (Å²) in [5, 5.41) is 4.30. The van der Waals surface area contributed by atoms with Gasteiger partial charge in [0.25, 0.3) is 11.8 Å². The van der Waals surface area contributed by atoms with Crippen LogP contribution in [0.2, 0.25) is 5.02 Å². The van der Waals surface area contributed by atoms with Gasteiger partial charge in [-0.25, -0.2) is 0 Å². The van der Waals surface area contributed by atoms with Crippen LogP contribution < -0.4 is 5.32 Å². The van der Waals surface area contributed by atoms with Gasteiger partial charge in [-0.2, -0.15) is 0 Å². The summed E-state index contributed by atoms with van der Waals surface area (Å²) in [7, 11) is 0. The number of carbonyl (C=O) groups excluding carboxylic acids is 3. The Morgan fingerprint density at radius 2 is 1.74 bits per heavy atom. The number of amides is 3. The summed E-state index contributed by atoms with van der Waals surface area (Å²) >= 11 is 6.26. The zero-order valence-electron chi connectivity index (χ0n) is 17.0. The van der Waals surface area contributed by atoms with Crippen molar-refractivity contribution in [1.29, 1.82) is 0 Å². The van der Waals surface area contributed by atoms with Crippen molar-refractivity contribution in [2.45, 2.75) is 13.5 Å². The maximum absolute atomic E-state index is 13.0. The molecule has 3 amide bonds. The Kier molecular flexibility index (Phi) is 4.70. The summed E-state index contributed by atoms with van der Waals surface area (Å²) in [6.45, 7) is 4.15. The summed E-state index contributed by atoms with van der Waals surface area (Å²) in [5.41, 5.74) is 4.49.